The van der Waals surface area contributed by atoms with E-state index in [1.54, 1.807) is 19.1 Å². The molecule has 0 aliphatic heterocycles. The Hall–Kier alpha value is -1.13. The van der Waals surface area contributed by atoms with Gasteiger partial charge in [0, 0.05) is 12.8 Å². The minimum atomic E-state index is -0.981. The zero-order chi connectivity index (χ0) is 14.6. The molecule has 1 fully saturated rings. The van der Waals surface area contributed by atoms with Gasteiger partial charge < -0.3 is 9.47 Å². The number of hydrogen-bond donors (Lipinski definition) is 0. The van der Waals surface area contributed by atoms with Crippen molar-refractivity contribution in [3.63, 3.8) is 0 Å². The van der Waals surface area contributed by atoms with Crippen LogP contribution in [0.25, 0.3) is 0 Å². The lowest BCUT2D eigenvalue weighted by atomic mass is 9.86. The summed E-state index contributed by atoms with van der Waals surface area (Å²) in [6.45, 7) is 2.12. The third-order valence-electron chi connectivity index (χ3n) is 3.54. The molecule has 0 heterocycles. The summed E-state index contributed by atoms with van der Waals surface area (Å²) in [5.41, 5.74) is 0. The Morgan fingerprint density at radius 2 is 2.30 bits per heavy atom. The van der Waals surface area contributed by atoms with Gasteiger partial charge in [-0.05, 0) is 25.8 Å². The van der Waals surface area contributed by atoms with Crippen molar-refractivity contribution < 1.29 is 19.1 Å². The first-order valence-corrected chi connectivity index (χ1v) is 7.32. The molecule has 2 rings (SSSR count). The fraction of sp³-hybridized carbons (Fsp3) is 0.600. The number of ketones is 1. The monoisotopic (exact) mass is 298 g/mol. The molecular formula is C15H19ClO4. The van der Waals surface area contributed by atoms with Gasteiger partial charge in [-0.15, -0.1) is 0 Å². The summed E-state index contributed by atoms with van der Waals surface area (Å²) in [6.07, 6.45) is 8.40. The predicted molar refractivity (Wildman–Crippen MR) is 75.3 cm³/mol. The number of ether oxygens (including phenoxy) is 2. The standard InChI is InChI=1S/C15H19ClO4/c1-2-19-14(18)11-6-7-12(17)13(10-11)20-15(16)8-4-3-5-9-15/h3-5,8,11,13H,2,6-7,9-10H2,1H3. The number of rotatable bonds is 4. The molecule has 0 aromatic rings. The van der Waals surface area contributed by atoms with Crippen LogP contribution in [0.15, 0.2) is 24.3 Å². The van der Waals surface area contributed by atoms with Gasteiger partial charge in [-0.1, -0.05) is 29.8 Å². The van der Waals surface area contributed by atoms with E-state index in [1.807, 2.05) is 12.2 Å². The molecule has 3 unspecified atom stereocenters. The van der Waals surface area contributed by atoms with Gasteiger partial charge in [0.05, 0.1) is 12.5 Å². The van der Waals surface area contributed by atoms with Gasteiger partial charge in [-0.3, -0.25) is 9.59 Å². The van der Waals surface area contributed by atoms with E-state index in [2.05, 4.69) is 0 Å². The van der Waals surface area contributed by atoms with Crippen molar-refractivity contribution in [1.29, 1.82) is 0 Å². The van der Waals surface area contributed by atoms with Crippen LogP contribution in [0.3, 0.4) is 0 Å². The fourth-order valence-corrected chi connectivity index (χ4v) is 2.74. The molecule has 0 aromatic heterocycles. The molecule has 3 atom stereocenters. The molecule has 0 aromatic carbocycles. The van der Waals surface area contributed by atoms with Gasteiger partial charge in [0.15, 0.2) is 10.8 Å². The average Bonchev–Trinajstić information content (AvgIpc) is 2.42. The first-order chi connectivity index (χ1) is 9.54. The van der Waals surface area contributed by atoms with E-state index in [-0.39, 0.29) is 17.7 Å². The Kier molecular flexibility index (Phi) is 5.00. The van der Waals surface area contributed by atoms with Gasteiger partial charge >= 0.3 is 5.97 Å². The smallest absolute Gasteiger partial charge is 0.309 e. The van der Waals surface area contributed by atoms with Crippen molar-refractivity contribution in [2.45, 2.75) is 43.8 Å². The maximum atomic E-state index is 12.0. The second-order valence-electron chi connectivity index (χ2n) is 5.07. The molecule has 0 spiro atoms. The minimum Gasteiger partial charge on any atom is -0.466 e. The maximum absolute atomic E-state index is 12.0. The highest BCUT2D eigenvalue weighted by atomic mass is 35.5. The molecule has 0 N–H and O–H groups in total. The van der Waals surface area contributed by atoms with Crippen molar-refractivity contribution in [2.75, 3.05) is 6.61 Å². The van der Waals surface area contributed by atoms with E-state index in [1.165, 1.54) is 0 Å². The third-order valence-corrected chi connectivity index (χ3v) is 3.91. The molecule has 2 aliphatic carbocycles. The van der Waals surface area contributed by atoms with Crippen molar-refractivity contribution in [1.82, 2.24) is 0 Å². The van der Waals surface area contributed by atoms with Crippen LogP contribution in [-0.4, -0.2) is 29.5 Å². The Morgan fingerprint density at radius 1 is 1.50 bits per heavy atom. The molecule has 5 heteroatoms. The van der Waals surface area contributed by atoms with E-state index >= 15 is 0 Å². The highest BCUT2D eigenvalue weighted by Crippen LogP contribution is 2.33. The van der Waals surface area contributed by atoms with Crippen LogP contribution < -0.4 is 0 Å². The first kappa shape index (κ1) is 15.3. The number of esters is 1. The zero-order valence-electron chi connectivity index (χ0n) is 11.5. The summed E-state index contributed by atoms with van der Waals surface area (Å²) in [5.74, 6) is -0.522. The highest BCUT2D eigenvalue weighted by molar-refractivity contribution is 6.24. The van der Waals surface area contributed by atoms with E-state index in [4.69, 9.17) is 21.1 Å². The molecule has 0 amide bonds. The highest BCUT2D eigenvalue weighted by Gasteiger charge is 2.38. The largest absolute Gasteiger partial charge is 0.466 e. The number of carbonyl (C=O) groups is 2. The van der Waals surface area contributed by atoms with Crippen LogP contribution in [0.2, 0.25) is 0 Å². The first-order valence-electron chi connectivity index (χ1n) is 6.94. The molecule has 20 heavy (non-hydrogen) atoms. The van der Waals surface area contributed by atoms with Crippen LogP contribution in [0.5, 0.6) is 0 Å². The second kappa shape index (κ2) is 6.55. The van der Waals surface area contributed by atoms with E-state index in [0.717, 1.165) is 0 Å². The number of alkyl halides is 1. The molecule has 2 aliphatic rings. The predicted octanol–water partition coefficient (Wildman–Crippen LogP) is 2.76. The van der Waals surface area contributed by atoms with E-state index in [0.29, 0.717) is 32.3 Å². The molecule has 0 saturated heterocycles. The molecule has 1 saturated carbocycles. The van der Waals surface area contributed by atoms with Crippen LogP contribution in [0.1, 0.15) is 32.6 Å². The van der Waals surface area contributed by atoms with Gasteiger partial charge in [-0.2, -0.15) is 0 Å². The van der Waals surface area contributed by atoms with E-state index in [9.17, 15) is 9.59 Å². The van der Waals surface area contributed by atoms with Crippen molar-refractivity contribution in [3.05, 3.63) is 24.3 Å². The molecule has 0 radical (unpaired) electrons. The van der Waals surface area contributed by atoms with Gasteiger partial charge in [0.1, 0.15) is 6.10 Å². The number of allylic oxidation sites excluding steroid dienone is 2. The lowest BCUT2D eigenvalue weighted by molar-refractivity contribution is -0.155. The van der Waals surface area contributed by atoms with Gasteiger partial charge in [0.2, 0.25) is 0 Å². The third kappa shape index (κ3) is 3.70. The Bertz CT molecular complexity index is 443. The zero-order valence-corrected chi connectivity index (χ0v) is 12.3. The van der Waals surface area contributed by atoms with Crippen LogP contribution in [-0.2, 0) is 19.1 Å². The quantitative estimate of drug-likeness (QED) is 0.591. The molecule has 4 nitrogen and oxygen atoms in total. The maximum Gasteiger partial charge on any atom is 0.309 e. The van der Waals surface area contributed by atoms with Gasteiger partial charge in [-0.25, -0.2) is 0 Å². The number of hydrogen-bond acceptors (Lipinski definition) is 4. The van der Waals surface area contributed by atoms with Crippen LogP contribution in [0, 0.1) is 5.92 Å². The number of halogens is 1. The Morgan fingerprint density at radius 3 is 2.95 bits per heavy atom. The summed E-state index contributed by atoms with van der Waals surface area (Å²) >= 11 is 6.33. The topological polar surface area (TPSA) is 52.6 Å². The summed E-state index contributed by atoms with van der Waals surface area (Å²) in [4.78, 5) is 23.7. The van der Waals surface area contributed by atoms with Crippen molar-refractivity contribution in [3.8, 4) is 0 Å². The summed E-state index contributed by atoms with van der Waals surface area (Å²) in [6, 6.07) is 0. The van der Waals surface area contributed by atoms with Crippen molar-refractivity contribution in [2.24, 2.45) is 5.92 Å². The number of Topliss-reactive ketones (excluding diaryl/α,β-unsaturated/α-hetero) is 1. The van der Waals surface area contributed by atoms with Gasteiger partial charge in [0.25, 0.3) is 0 Å². The lowest BCUT2D eigenvalue weighted by Crippen LogP contribution is -2.40. The van der Waals surface area contributed by atoms with Crippen LogP contribution >= 0.6 is 11.6 Å². The molecule has 0 bridgehead atoms. The summed E-state index contributed by atoms with van der Waals surface area (Å²) in [5, 5.41) is -0.981. The molecular weight excluding hydrogens is 280 g/mol. The van der Waals surface area contributed by atoms with Crippen LogP contribution in [0.4, 0.5) is 0 Å². The lowest BCUT2D eigenvalue weighted by Gasteiger charge is -2.33. The SMILES string of the molecule is CCOC(=O)C1CCC(=O)C(OC2(Cl)C=CC=CC2)C1. The Labute approximate surface area is 123 Å². The Balaban J connectivity index is 1.99. The molecule has 110 valence electrons. The van der Waals surface area contributed by atoms with Crippen molar-refractivity contribution >= 4 is 23.4 Å². The second-order valence-corrected chi connectivity index (χ2v) is 5.71. The van der Waals surface area contributed by atoms with E-state index < -0.39 is 11.2 Å². The number of carbonyl (C=O) groups excluding carboxylic acids is 2. The normalized spacial score (nSPS) is 33.2. The minimum absolute atomic E-state index is 0.00789. The fourth-order valence-electron chi connectivity index (χ4n) is 2.47. The summed E-state index contributed by atoms with van der Waals surface area (Å²) in [7, 11) is 0. The summed E-state index contributed by atoms with van der Waals surface area (Å²) < 4.78 is 10.8. The average molecular weight is 299 g/mol.